The highest BCUT2D eigenvalue weighted by Crippen LogP contribution is 2.24. The maximum absolute atomic E-state index is 13.6. The minimum absolute atomic E-state index is 0.0169. The molecular formula is C16H16F2O2. The van der Waals surface area contributed by atoms with Crippen LogP contribution in [0.3, 0.4) is 0 Å². The van der Waals surface area contributed by atoms with Crippen LogP contribution in [0.4, 0.5) is 8.78 Å². The highest BCUT2D eigenvalue weighted by Gasteiger charge is 2.22. The maximum Gasteiger partial charge on any atom is 0.162 e. The fourth-order valence-corrected chi connectivity index (χ4v) is 2.20. The van der Waals surface area contributed by atoms with Crippen molar-refractivity contribution in [1.29, 1.82) is 0 Å². The summed E-state index contributed by atoms with van der Waals surface area (Å²) in [4.78, 5) is 0. The van der Waals surface area contributed by atoms with E-state index in [4.69, 9.17) is 4.74 Å². The van der Waals surface area contributed by atoms with Crippen LogP contribution in [0, 0.1) is 11.6 Å². The van der Waals surface area contributed by atoms with Gasteiger partial charge in [0.15, 0.2) is 11.6 Å². The molecule has 0 fully saturated rings. The van der Waals surface area contributed by atoms with Gasteiger partial charge in [-0.1, -0.05) is 42.5 Å². The van der Waals surface area contributed by atoms with Crippen molar-refractivity contribution in [3.63, 3.8) is 0 Å². The summed E-state index contributed by atoms with van der Waals surface area (Å²) in [5.74, 6) is -1.84. The Morgan fingerprint density at radius 3 is 2.40 bits per heavy atom. The number of methoxy groups -OCH3 is 1. The minimum Gasteiger partial charge on any atom is -0.390 e. The predicted octanol–water partition coefficient (Wildman–Crippen LogP) is 3.26. The topological polar surface area (TPSA) is 29.5 Å². The second kappa shape index (κ2) is 6.59. The quantitative estimate of drug-likeness (QED) is 0.909. The molecule has 20 heavy (non-hydrogen) atoms. The number of aliphatic hydroxyl groups excluding tert-OH is 1. The van der Waals surface area contributed by atoms with Crippen LogP contribution in [0.15, 0.2) is 48.5 Å². The molecule has 0 aliphatic carbocycles. The lowest BCUT2D eigenvalue weighted by atomic mass is 9.98. The van der Waals surface area contributed by atoms with Crippen LogP contribution in [-0.2, 0) is 11.2 Å². The summed E-state index contributed by atoms with van der Waals surface area (Å²) in [7, 11) is 1.48. The SMILES string of the molecule is COC(c1ccccc1)C(O)Cc1cccc(F)c1F. The van der Waals surface area contributed by atoms with Crippen LogP contribution in [0.1, 0.15) is 17.2 Å². The maximum atomic E-state index is 13.6. The first-order valence-electron chi connectivity index (χ1n) is 6.32. The summed E-state index contributed by atoms with van der Waals surface area (Å²) in [6, 6.07) is 13.1. The number of hydrogen-bond donors (Lipinski definition) is 1. The van der Waals surface area contributed by atoms with Gasteiger partial charge in [-0.25, -0.2) is 8.78 Å². The molecule has 1 N–H and O–H groups in total. The Kier molecular flexibility index (Phi) is 4.82. The van der Waals surface area contributed by atoms with Gasteiger partial charge in [0.05, 0.1) is 6.10 Å². The predicted molar refractivity (Wildman–Crippen MR) is 72.3 cm³/mol. The second-order valence-electron chi connectivity index (χ2n) is 4.55. The van der Waals surface area contributed by atoms with Crippen LogP contribution >= 0.6 is 0 Å². The molecule has 0 radical (unpaired) electrons. The van der Waals surface area contributed by atoms with Crippen LogP contribution in [0.25, 0.3) is 0 Å². The van der Waals surface area contributed by atoms with Crippen molar-refractivity contribution < 1.29 is 18.6 Å². The summed E-state index contributed by atoms with van der Waals surface area (Å²) in [5.41, 5.74) is 0.926. The van der Waals surface area contributed by atoms with Crippen molar-refractivity contribution >= 4 is 0 Å². The van der Waals surface area contributed by atoms with E-state index >= 15 is 0 Å². The van der Waals surface area contributed by atoms with Gasteiger partial charge in [-0.05, 0) is 17.2 Å². The Balaban J connectivity index is 2.18. The normalized spacial score (nSPS) is 14.0. The van der Waals surface area contributed by atoms with Gasteiger partial charge in [0.25, 0.3) is 0 Å². The number of benzene rings is 2. The monoisotopic (exact) mass is 278 g/mol. The molecule has 4 heteroatoms. The summed E-state index contributed by atoms with van der Waals surface area (Å²) >= 11 is 0. The molecule has 2 unspecified atom stereocenters. The zero-order chi connectivity index (χ0) is 14.5. The Morgan fingerprint density at radius 1 is 1.05 bits per heavy atom. The van der Waals surface area contributed by atoms with E-state index in [1.807, 2.05) is 30.3 Å². The molecule has 2 aromatic rings. The molecule has 0 heterocycles. The second-order valence-corrected chi connectivity index (χ2v) is 4.55. The van der Waals surface area contributed by atoms with Crippen molar-refractivity contribution in [2.24, 2.45) is 0 Å². The molecule has 2 rings (SSSR count). The van der Waals surface area contributed by atoms with E-state index in [2.05, 4.69) is 0 Å². The van der Waals surface area contributed by atoms with Crippen molar-refractivity contribution in [3.05, 3.63) is 71.3 Å². The molecule has 2 atom stereocenters. The fourth-order valence-electron chi connectivity index (χ4n) is 2.20. The van der Waals surface area contributed by atoms with Gasteiger partial charge in [0, 0.05) is 13.5 Å². The number of aliphatic hydroxyl groups is 1. The lowest BCUT2D eigenvalue weighted by molar-refractivity contribution is -0.0132. The molecule has 2 nitrogen and oxygen atoms in total. The van der Waals surface area contributed by atoms with Gasteiger partial charge >= 0.3 is 0 Å². The van der Waals surface area contributed by atoms with E-state index < -0.39 is 23.8 Å². The minimum atomic E-state index is -0.960. The van der Waals surface area contributed by atoms with Crippen LogP contribution in [0.2, 0.25) is 0 Å². The first-order valence-corrected chi connectivity index (χ1v) is 6.32. The van der Waals surface area contributed by atoms with E-state index in [1.165, 1.54) is 19.2 Å². The first kappa shape index (κ1) is 14.6. The smallest absolute Gasteiger partial charge is 0.162 e. The van der Waals surface area contributed by atoms with Gasteiger partial charge in [-0.15, -0.1) is 0 Å². The Bertz CT molecular complexity index is 558. The Hall–Kier alpha value is -1.78. The molecule has 0 bridgehead atoms. The molecule has 0 aromatic heterocycles. The highest BCUT2D eigenvalue weighted by atomic mass is 19.2. The van der Waals surface area contributed by atoms with E-state index in [1.54, 1.807) is 0 Å². The lowest BCUT2D eigenvalue weighted by Gasteiger charge is -2.22. The Morgan fingerprint density at radius 2 is 1.75 bits per heavy atom. The molecule has 0 amide bonds. The van der Waals surface area contributed by atoms with Gasteiger partial charge in [-0.2, -0.15) is 0 Å². The van der Waals surface area contributed by atoms with E-state index in [-0.39, 0.29) is 12.0 Å². The highest BCUT2D eigenvalue weighted by molar-refractivity contribution is 5.23. The molecule has 0 aliphatic heterocycles. The van der Waals surface area contributed by atoms with Crippen molar-refractivity contribution in [2.75, 3.05) is 7.11 Å². The lowest BCUT2D eigenvalue weighted by Crippen LogP contribution is -2.23. The van der Waals surface area contributed by atoms with Gasteiger partial charge in [0.1, 0.15) is 6.10 Å². The largest absolute Gasteiger partial charge is 0.390 e. The fraction of sp³-hybridized carbons (Fsp3) is 0.250. The third kappa shape index (κ3) is 3.21. The van der Waals surface area contributed by atoms with E-state index in [0.717, 1.165) is 11.6 Å². The molecule has 0 aliphatic rings. The average molecular weight is 278 g/mol. The zero-order valence-electron chi connectivity index (χ0n) is 11.1. The third-order valence-corrected chi connectivity index (χ3v) is 3.19. The van der Waals surface area contributed by atoms with Crippen LogP contribution in [0.5, 0.6) is 0 Å². The van der Waals surface area contributed by atoms with E-state index in [0.29, 0.717) is 0 Å². The summed E-state index contributed by atoms with van der Waals surface area (Å²) in [6.45, 7) is 0. The number of ether oxygens (including phenoxy) is 1. The standard InChI is InChI=1S/C16H16F2O2/c1-20-16(11-6-3-2-4-7-11)14(19)10-12-8-5-9-13(17)15(12)18/h2-9,14,16,19H,10H2,1H3. The zero-order valence-corrected chi connectivity index (χ0v) is 11.1. The van der Waals surface area contributed by atoms with Gasteiger partial charge in [0.2, 0.25) is 0 Å². The van der Waals surface area contributed by atoms with Crippen LogP contribution in [-0.4, -0.2) is 18.3 Å². The van der Waals surface area contributed by atoms with Crippen LogP contribution < -0.4 is 0 Å². The molecule has 0 saturated carbocycles. The van der Waals surface area contributed by atoms with Gasteiger partial charge in [-0.3, -0.25) is 0 Å². The van der Waals surface area contributed by atoms with E-state index in [9.17, 15) is 13.9 Å². The molecule has 106 valence electrons. The summed E-state index contributed by atoms with van der Waals surface area (Å²) in [6.07, 6.45) is -1.56. The summed E-state index contributed by atoms with van der Waals surface area (Å²) < 4.78 is 32.0. The number of hydrogen-bond acceptors (Lipinski definition) is 2. The first-order chi connectivity index (χ1) is 9.63. The average Bonchev–Trinajstić information content (AvgIpc) is 2.46. The molecular weight excluding hydrogens is 262 g/mol. The number of halogens is 2. The third-order valence-electron chi connectivity index (χ3n) is 3.19. The Labute approximate surface area is 116 Å². The molecule has 0 spiro atoms. The van der Waals surface area contributed by atoms with Crippen molar-refractivity contribution in [3.8, 4) is 0 Å². The summed E-state index contributed by atoms with van der Waals surface area (Å²) in [5, 5.41) is 10.2. The number of rotatable bonds is 5. The molecule has 0 saturated heterocycles. The van der Waals surface area contributed by atoms with Gasteiger partial charge < -0.3 is 9.84 Å². The van der Waals surface area contributed by atoms with Crippen molar-refractivity contribution in [1.82, 2.24) is 0 Å². The molecule has 2 aromatic carbocycles. The van der Waals surface area contributed by atoms with Crippen molar-refractivity contribution in [2.45, 2.75) is 18.6 Å².